The smallest absolute Gasteiger partial charge is 0.320 e. The standard InChI is InChI=1S/C19H26ClN3O4/c1-10(19(25)26)23-12-4-3-5-13(23)7-11(6-12)22-18(24)14-8-15(20)16(21)9-17(14)27-2/h8-13H,3-7,21H2,1-2H3,(H,22,24)(H,25,26). The third kappa shape index (κ3) is 3.99. The van der Waals surface area contributed by atoms with Gasteiger partial charge in [0.25, 0.3) is 5.91 Å². The number of ether oxygens (including phenoxy) is 1. The van der Waals surface area contributed by atoms with Gasteiger partial charge in [0.2, 0.25) is 0 Å². The van der Waals surface area contributed by atoms with E-state index in [2.05, 4.69) is 10.2 Å². The van der Waals surface area contributed by atoms with Crippen molar-refractivity contribution >= 4 is 29.2 Å². The summed E-state index contributed by atoms with van der Waals surface area (Å²) in [5.74, 6) is -0.668. The van der Waals surface area contributed by atoms with Crippen molar-refractivity contribution in [1.82, 2.24) is 10.2 Å². The minimum absolute atomic E-state index is 0.00826. The summed E-state index contributed by atoms with van der Waals surface area (Å²) < 4.78 is 5.27. The molecular weight excluding hydrogens is 370 g/mol. The number of fused-ring (bicyclic) bond motifs is 2. The molecule has 148 valence electrons. The number of hydrogen-bond acceptors (Lipinski definition) is 5. The number of piperidine rings is 2. The molecule has 0 spiro atoms. The summed E-state index contributed by atoms with van der Waals surface area (Å²) in [6.07, 6.45) is 4.49. The number of anilines is 1. The monoisotopic (exact) mass is 395 g/mol. The summed E-state index contributed by atoms with van der Waals surface area (Å²) in [5.41, 5.74) is 6.49. The number of carbonyl (C=O) groups is 2. The second kappa shape index (κ2) is 7.94. The lowest BCUT2D eigenvalue weighted by atomic mass is 9.80. The fraction of sp³-hybridized carbons (Fsp3) is 0.579. The van der Waals surface area contributed by atoms with Gasteiger partial charge in [-0.1, -0.05) is 18.0 Å². The third-order valence-corrected chi connectivity index (χ3v) is 6.06. The lowest BCUT2D eigenvalue weighted by Crippen LogP contribution is -2.61. The molecule has 0 radical (unpaired) electrons. The van der Waals surface area contributed by atoms with Crippen LogP contribution in [-0.2, 0) is 4.79 Å². The average Bonchev–Trinajstić information content (AvgIpc) is 2.62. The van der Waals surface area contributed by atoms with Crippen LogP contribution in [0.25, 0.3) is 0 Å². The molecule has 0 aromatic heterocycles. The summed E-state index contributed by atoms with van der Waals surface area (Å²) in [6.45, 7) is 1.74. The first kappa shape index (κ1) is 19.8. The van der Waals surface area contributed by atoms with Crippen molar-refractivity contribution in [2.45, 2.75) is 63.2 Å². The van der Waals surface area contributed by atoms with Crippen LogP contribution in [-0.4, -0.2) is 53.2 Å². The van der Waals surface area contributed by atoms with E-state index < -0.39 is 12.0 Å². The number of hydrogen-bond donors (Lipinski definition) is 3. The molecule has 2 fully saturated rings. The number of nitrogens with zero attached hydrogens (tertiary/aromatic N) is 1. The Labute approximate surface area is 163 Å². The van der Waals surface area contributed by atoms with E-state index in [1.165, 1.54) is 13.2 Å². The van der Waals surface area contributed by atoms with Gasteiger partial charge in [-0.25, -0.2) is 0 Å². The van der Waals surface area contributed by atoms with Gasteiger partial charge in [0.1, 0.15) is 11.8 Å². The van der Waals surface area contributed by atoms with E-state index >= 15 is 0 Å². The van der Waals surface area contributed by atoms with Gasteiger partial charge in [-0.3, -0.25) is 14.5 Å². The quantitative estimate of drug-likeness (QED) is 0.661. The molecule has 8 heteroatoms. The molecule has 0 saturated carbocycles. The van der Waals surface area contributed by atoms with Gasteiger partial charge in [-0.05, 0) is 38.7 Å². The van der Waals surface area contributed by atoms with Crippen molar-refractivity contribution in [2.75, 3.05) is 12.8 Å². The Bertz CT molecular complexity index is 728. The van der Waals surface area contributed by atoms with Gasteiger partial charge in [-0.2, -0.15) is 0 Å². The van der Waals surface area contributed by atoms with Crippen LogP contribution >= 0.6 is 11.6 Å². The first-order valence-electron chi connectivity index (χ1n) is 9.26. The maximum Gasteiger partial charge on any atom is 0.320 e. The SMILES string of the molecule is COc1cc(N)c(Cl)cc1C(=O)NC1CC2CCCC(C1)N2C(C)C(=O)O. The number of carbonyl (C=O) groups excluding carboxylic acids is 1. The number of aliphatic carboxylic acids is 1. The van der Waals surface area contributed by atoms with Crippen molar-refractivity contribution in [3.8, 4) is 5.75 Å². The zero-order valence-corrected chi connectivity index (χ0v) is 16.3. The normalized spacial score (nSPS) is 26.3. The molecule has 1 amide bonds. The second-order valence-corrected chi connectivity index (χ2v) is 7.82. The van der Waals surface area contributed by atoms with Crippen molar-refractivity contribution in [3.05, 3.63) is 22.7 Å². The molecule has 3 rings (SSSR count). The Morgan fingerprint density at radius 3 is 2.52 bits per heavy atom. The number of carboxylic acids is 1. The van der Waals surface area contributed by atoms with E-state index in [0.717, 1.165) is 32.1 Å². The van der Waals surface area contributed by atoms with Crippen LogP contribution in [0.5, 0.6) is 5.75 Å². The highest BCUT2D eigenvalue weighted by molar-refractivity contribution is 6.33. The topological polar surface area (TPSA) is 105 Å². The number of rotatable bonds is 5. The van der Waals surface area contributed by atoms with Crippen LogP contribution < -0.4 is 15.8 Å². The van der Waals surface area contributed by atoms with Gasteiger partial charge < -0.3 is 20.9 Å². The van der Waals surface area contributed by atoms with Crippen LogP contribution in [0.4, 0.5) is 5.69 Å². The van der Waals surface area contributed by atoms with E-state index in [1.54, 1.807) is 13.0 Å². The average molecular weight is 396 g/mol. The fourth-order valence-electron chi connectivity index (χ4n) is 4.47. The molecule has 3 atom stereocenters. The Balaban J connectivity index is 1.74. The molecule has 7 nitrogen and oxygen atoms in total. The van der Waals surface area contributed by atoms with Gasteiger partial charge >= 0.3 is 5.97 Å². The van der Waals surface area contributed by atoms with Crippen molar-refractivity contribution in [2.24, 2.45) is 0 Å². The highest BCUT2D eigenvalue weighted by atomic mass is 35.5. The molecule has 3 unspecified atom stereocenters. The van der Waals surface area contributed by atoms with Crippen LogP contribution in [0.15, 0.2) is 12.1 Å². The lowest BCUT2D eigenvalue weighted by Gasteiger charge is -2.50. The molecule has 2 saturated heterocycles. The molecule has 27 heavy (non-hydrogen) atoms. The van der Waals surface area contributed by atoms with Gasteiger partial charge in [0.05, 0.1) is 23.4 Å². The highest BCUT2D eigenvalue weighted by Crippen LogP contribution is 2.36. The highest BCUT2D eigenvalue weighted by Gasteiger charge is 2.42. The van der Waals surface area contributed by atoms with Gasteiger partial charge in [0, 0.05) is 24.2 Å². The fourth-order valence-corrected chi connectivity index (χ4v) is 4.64. The van der Waals surface area contributed by atoms with Crippen LogP contribution in [0, 0.1) is 0 Å². The molecule has 2 aliphatic rings. The van der Waals surface area contributed by atoms with Crippen molar-refractivity contribution in [1.29, 1.82) is 0 Å². The summed E-state index contributed by atoms with van der Waals surface area (Å²) in [5, 5.41) is 12.8. The maximum atomic E-state index is 12.8. The van der Waals surface area contributed by atoms with Crippen molar-refractivity contribution < 1.29 is 19.4 Å². The molecule has 2 heterocycles. The van der Waals surface area contributed by atoms with E-state index in [1.807, 2.05) is 0 Å². The zero-order chi connectivity index (χ0) is 19.7. The summed E-state index contributed by atoms with van der Waals surface area (Å²) >= 11 is 6.07. The Morgan fingerprint density at radius 2 is 1.96 bits per heavy atom. The maximum absolute atomic E-state index is 12.8. The van der Waals surface area contributed by atoms with Crippen LogP contribution in [0.1, 0.15) is 49.4 Å². The van der Waals surface area contributed by atoms with Crippen LogP contribution in [0.2, 0.25) is 5.02 Å². The number of nitrogen functional groups attached to an aromatic ring is 1. The molecule has 0 aliphatic carbocycles. The van der Waals surface area contributed by atoms with Gasteiger partial charge in [-0.15, -0.1) is 0 Å². The Kier molecular flexibility index (Phi) is 5.81. The minimum atomic E-state index is -0.796. The number of nitrogens with one attached hydrogen (secondary N) is 1. The lowest BCUT2D eigenvalue weighted by molar-refractivity contribution is -0.147. The summed E-state index contributed by atoms with van der Waals surface area (Å²) in [7, 11) is 1.48. The number of benzene rings is 1. The first-order chi connectivity index (χ1) is 12.8. The molecule has 2 aliphatic heterocycles. The number of carboxylic acid groups (broad SMARTS) is 1. The number of nitrogens with two attached hydrogens (primary N) is 1. The van der Waals surface area contributed by atoms with Gasteiger partial charge in [0.15, 0.2) is 0 Å². The predicted octanol–water partition coefficient (Wildman–Crippen LogP) is 2.52. The molecule has 1 aromatic rings. The minimum Gasteiger partial charge on any atom is -0.496 e. The number of methoxy groups -OCH3 is 1. The summed E-state index contributed by atoms with van der Waals surface area (Å²) in [4.78, 5) is 26.4. The Hall–Kier alpha value is -1.99. The number of halogens is 1. The van der Waals surface area contributed by atoms with Crippen molar-refractivity contribution in [3.63, 3.8) is 0 Å². The van der Waals surface area contributed by atoms with Crippen LogP contribution in [0.3, 0.4) is 0 Å². The Morgan fingerprint density at radius 1 is 1.33 bits per heavy atom. The third-order valence-electron chi connectivity index (χ3n) is 5.73. The zero-order valence-electron chi connectivity index (χ0n) is 15.6. The van der Waals surface area contributed by atoms with E-state index in [4.69, 9.17) is 22.1 Å². The molecular formula is C19H26ClN3O4. The number of amides is 1. The van der Waals surface area contributed by atoms with E-state index in [-0.39, 0.29) is 24.0 Å². The molecule has 4 N–H and O–H groups in total. The summed E-state index contributed by atoms with van der Waals surface area (Å²) in [6, 6.07) is 2.90. The predicted molar refractivity (Wildman–Crippen MR) is 103 cm³/mol. The molecule has 2 bridgehead atoms. The largest absolute Gasteiger partial charge is 0.496 e. The van der Waals surface area contributed by atoms with E-state index in [0.29, 0.717) is 22.0 Å². The molecule has 1 aromatic carbocycles. The first-order valence-corrected chi connectivity index (χ1v) is 9.63. The van der Waals surface area contributed by atoms with E-state index in [9.17, 15) is 14.7 Å². The second-order valence-electron chi connectivity index (χ2n) is 7.42.